The van der Waals surface area contributed by atoms with Crippen molar-refractivity contribution in [2.24, 2.45) is 0 Å². The van der Waals surface area contributed by atoms with E-state index in [0.29, 0.717) is 24.7 Å². The molecule has 3 aromatic heterocycles. The number of nitrogens with one attached hydrogen (secondary N) is 1. The molecule has 0 atom stereocenters. The van der Waals surface area contributed by atoms with Gasteiger partial charge in [0.05, 0.1) is 17.3 Å². The van der Waals surface area contributed by atoms with Crippen LogP contribution in [0.4, 0.5) is 24.8 Å². The van der Waals surface area contributed by atoms with Crippen LogP contribution in [0.3, 0.4) is 0 Å². The first-order valence-corrected chi connectivity index (χ1v) is 7.76. The summed E-state index contributed by atoms with van der Waals surface area (Å²) in [5.41, 5.74) is 1.07. The maximum absolute atomic E-state index is 12.8. The van der Waals surface area contributed by atoms with Gasteiger partial charge < -0.3 is 10.2 Å². The summed E-state index contributed by atoms with van der Waals surface area (Å²) < 4.78 is 40.1. The molecule has 0 bridgehead atoms. The number of hydrogen-bond acceptors (Lipinski definition) is 5. The normalized spacial score (nSPS) is 15.4. The number of pyridine rings is 1. The molecule has 25 heavy (non-hydrogen) atoms. The fraction of sp³-hybridized carbons (Fsp3) is 0.312. The van der Waals surface area contributed by atoms with Crippen molar-refractivity contribution in [2.45, 2.75) is 19.1 Å². The van der Waals surface area contributed by atoms with E-state index in [4.69, 9.17) is 0 Å². The van der Waals surface area contributed by atoms with Gasteiger partial charge in [0.25, 0.3) is 0 Å². The summed E-state index contributed by atoms with van der Waals surface area (Å²) in [5, 5.41) is 7.65. The van der Waals surface area contributed by atoms with Crippen LogP contribution in [0.5, 0.6) is 0 Å². The molecule has 6 nitrogen and oxygen atoms in total. The lowest BCUT2D eigenvalue weighted by Crippen LogP contribution is -2.55. The third kappa shape index (κ3) is 2.97. The number of anilines is 2. The van der Waals surface area contributed by atoms with Gasteiger partial charge >= 0.3 is 6.18 Å². The first-order chi connectivity index (χ1) is 11.9. The van der Waals surface area contributed by atoms with Gasteiger partial charge in [-0.1, -0.05) is 0 Å². The topological polar surface area (TPSA) is 58.3 Å². The van der Waals surface area contributed by atoms with Gasteiger partial charge in [-0.25, -0.2) is 14.5 Å². The highest BCUT2D eigenvalue weighted by molar-refractivity contribution is 5.68. The summed E-state index contributed by atoms with van der Waals surface area (Å²) in [4.78, 5) is 10.2. The molecule has 0 aromatic carbocycles. The molecule has 0 saturated carbocycles. The second-order valence-electron chi connectivity index (χ2n) is 6.04. The van der Waals surface area contributed by atoms with Gasteiger partial charge in [0.2, 0.25) is 0 Å². The Hall–Kier alpha value is -2.84. The van der Waals surface area contributed by atoms with E-state index in [1.54, 1.807) is 21.8 Å². The van der Waals surface area contributed by atoms with Crippen molar-refractivity contribution < 1.29 is 13.2 Å². The third-order valence-corrected chi connectivity index (χ3v) is 4.13. The van der Waals surface area contributed by atoms with E-state index >= 15 is 0 Å². The highest BCUT2D eigenvalue weighted by atomic mass is 19.4. The Labute approximate surface area is 141 Å². The first-order valence-electron chi connectivity index (χ1n) is 7.76. The molecule has 1 N–H and O–H groups in total. The predicted molar refractivity (Wildman–Crippen MR) is 86.6 cm³/mol. The van der Waals surface area contributed by atoms with Crippen LogP contribution in [0.15, 0.2) is 36.8 Å². The average Bonchev–Trinajstić information content (AvgIpc) is 2.90. The lowest BCUT2D eigenvalue weighted by Gasteiger charge is -2.40. The molecule has 0 unspecified atom stereocenters. The van der Waals surface area contributed by atoms with Crippen LogP contribution in [0, 0.1) is 6.92 Å². The summed E-state index contributed by atoms with van der Waals surface area (Å²) in [5.74, 6) is 1.05. The average molecular weight is 348 g/mol. The summed E-state index contributed by atoms with van der Waals surface area (Å²) in [6, 6.07) is 4.08. The van der Waals surface area contributed by atoms with Crippen LogP contribution in [0.2, 0.25) is 0 Å². The van der Waals surface area contributed by atoms with Gasteiger partial charge in [-0.05, 0) is 25.1 Å². The molecule has 0 aliphatic carbocycles. The lowest BCUT2D eigenvalue weighted by atomic mass is 10.1. The molecule has 0 amide bonds. The number of hydrogen-bond donors (Lipinski definition) is 1. The zero-order valence-corrected chi connectivity index (χ0v) is 13.3. The van der Waals surface area contributed by atoms with E-state index in [1.807, 2.05) is 13.0 Å². The molecule has 1 aliphatic heterocycles. The maximum Gasteiger partial charge on any atom is 0.416 e. The highest BCUT2D eigenvalue weighted by Gasteiger charge is 2.33. The lowest BCUT2D eigenvalue weighted by molar-refractivity contribution is -0.137. The van der Waals surface area contributed by atoms with Crippen molar-refractivity contribution in [3.8, 4) is 0 Å². The minimum absolute atomic E-state index is 0.0882. The summed E-state index contributed by atoms with van der Waals surface area (Å²) >= 11 is 0. The minimum Gasteiger partial charge on any atom is -0.362 e. The SMILES string of the molecule is Cc1cc2c(NC3CN(c4cc(C(F)(F)F)ccn4)C3)nccn2n1. The standard InChI is InChI=1S/C16H15F3N6/c1-10-6-13-15(21-4-5-25(13)23-10)22-12-8-24(9-12)14-7-11(2-3-20-14)16(17,18)19/h2-7,12H,8-9H2,1H3,(H,21,22). The van der Waals surface area contributed by atoms with Crippen molar-refractivity contribution in [3.63, 3.8) is 0 Å². The molecule has 9 heteroatoms. The van der Waals surface area contributed by atoms with Gasteiger partial charge in [0.1, 0.15) is 11.3 Å². The Kier molecular flexibility index (Phi) is 3.52. The quantitative estimate of drug-likeness (QED) is 0.789. The van der Waals surface area contributed by atoms with Crippen molar-refractivity contribution >= 4 is 17.2 Å². The van der Waals surface area contributed by atoms with E-state index in [9.17, 15) is 13.2 Å². The molecular formula is C16H15F3N6. The van der Waals surface area contributed by atoms with Crippen LogP contribution in [-0.2, 0) is 6.18 Å². The molecule has 3 aromatic rings. The summed E-state index contributed by atoms with van der Waals surface area (Å²) in [6.45, 7) is 3.02. The van der Waals surface area contributed by atoms with E-state index in [2.05, 4.69) is 20.4 Å². The van der Waals surface area contributed by atoms with Gasteiger partial charge in [-0.3, -0.25) is 0 Å². The third-order valence-electron chi connectivity index (χ3n) is 4.13. The van der Waals surface area contributed by atoms with Crippen LogP contribution in [0.1, 0.15) is 11.3 Å². The van der Waals surface area contributed by atoms with Crippen LogP contribution < -0.4 is 10.2 Å². The van der Waals surface area contributed by atoms with Gasteiger partial charge in [-0.2, -0.15) is 18.3 Å². The number of nitrogens with zero attached hydrogens (tertiary/aromatic N) is 5. The number of rotatable bonds is 3. The van der Waals surface area contributed by atoms with Crippen molar-refractivity contribution in [3.05, 3.63) is 48.0 Å². The van der Waals surface area contributed by atoms with E-state index in [-0.39, 0.29) is 6.04 Å². The van der Waals surface area contributed by atoms with Crippen LogP contribution >= 0.6 is 0 Å². The van der Waals surface area contributed by atoms with Crippen molar-refractivity contribution in [1.82, 2.24) is 19.6 Å². The Bertz CT molecular complexity index is 914. The second-order valence-corrected chi connectivity index (χ2v) is 6.04. The molecule has 4 heterocycles. The largest absolute Gasteiger partial charge is 0.416 e. The van der Waals surface area contributed by atoms with Gasteiger partial charge in [-0.15, -0.1) is 0 Å². The number of aromatic nitrogens is 4. The number of alkyl halides is 3. The maximum atomic E-state index is 12.8. The first kappa shape index (κ1) is 15.7. The van der Waals surface area contributed by atoms with Crippen molar-refractivity contribution in [2.75, 3.05) is 23.3 Å². The Morgan fingerprint density at radius 1 is 1.16 bits per heavy atom. The predicted octanol–water partition coefficient (Wildman–Crippen LogP) is 2.75. The smallest absolute Gasteiger partial charge is 0.362 e. The second kappa shape index (κ2) is 5.61. The monoisotopic (exact) mass is 348 g/mol. The summed E-state index contributed by atoms with van der Waals surface area (Å²) in [6.07, 6.45) is 0.260. The van der Waals surface area contributed by atoms with Crippen LogP contribution in [-0.4, -0.2) is 38.7 Å². The molecular weight excluding hydrogens is 333 g/mol. The Morgan fingerprint density at radius 3 is 2.72 bits per heavy atom. The number of aryl methyl sites for hydroxylation is 1. The molecule has 0 radical (unpaired) electrons. The molecule has 0 spiro atoms. The highest BCUT2D eigenvalue weighted by Crippen LogP contribution is 2.32. The number of halogens is 3. The molecule has 4 rings (SSSR count). The zero-order valence-electron chi connectivity index (χ0n) is 13.3. The van der Waals surface area contributed by atoms with E-state index < -0.39 is 11.7 Å². The van der Waals surface area contributed by atoms with E-state index in [0.717, 1.165) is 23.3 Å². The van der Waals surface area contributed by atoms with Gasteiger partial charge in [0.15, 0.2) is 5.82 Å². The summed E-state index contributed by atoms with van der Waals surface area (Å²) in [7, 11) is 0. The van der Waals surface area contributed by atoms with Crippen molar-refractivity contribution in [1.29, 1.82) is 0 Å². The minimum atomic E-state index is -4.36. The molecule has 1 saturated heterocycles. The van der Waals surface area contributed by atoms with Crippen LogP contribution in [0.25, 0.3) is 5.52 Å². The fourth-order valence-corrected chi connectivity index (χ4v) is 2.87. The molecule has 1 aliphatic rings. The zero-order chi connectivity index (χ0) is 17.6. The van der Waals surface area contributed by atoms with Gasteiger partial charge in [0, 0.05) is 31.7 Å². The fourth-order valence-electron chi connectivity index (χ4n) is 2.87. The Morgan fingerprint density at radius 2 is 1.96 bits per heavy atom. The molecule has 1 fully saturated rings. The number of fused-ring (bicyclic) bond motifs is 1. The van der Waals surface area contributed by atoms with E-state index in [1.165, 1.54) is 6.20 Å². The Balaban J connectivity index is 1.45. The molecule has 130 valence electrons.